The molecule has 0 amide bonds. The van der Waals surface area contributed by atoms with E-state index in [1.165, 1.54) is 25.7 Å². The van der Waals surface area contributed by atoms with Crippen LogP contribution in [0, 0.1) is 11.3 Å². The Hall–Kier alpha value is -0.780. The summed E-state index contributed by atoms with van der Waals surface area (Å²) in [6.07, 6.45) is 13.0. The SMILES string of the molecule is C1=CC2C=C3C1=C1CCCCC312. The van der Waals surface area contributed by atoms with Gasteiger partial charge < -0.3 is 0 Å². The topological polar surface area (TPSA) is 0 Å². The molecule has 0 radical (unpaired) electrons. The van der Waals surface area contributed by atoms with Crippen LogP contribution in [0.4, 0.5) is 0 Å². The van der Waals surface area contributed by atoms with Crippen LogP contribution >= 0.6 is 0 Å². The molecule has 0 N–H and O–H groups in total. The van der Waals surface area contributed by atoms with Crippen LogP contribution in [-0.4, -0.2) is 0 Å². The van der Waals surface area contributed by atoms with Crippen LogP contribution in [0.15, 0.2) is 34.9 Å². The molecule has 6 aliphatic carbocycles. The molecular formula is C12H12. The van der Waals surface area contributed by atoms with Gasteiger partial charge >= 0.3 is 0 Å². The quantitative estimate of drug-likeness (QED) is 0.505. The van der Waals surface area contributed by atoms with Crippen molar-refractivity contribution in [3.63, 3.8) is 0 Å². The molecule has 2 atom stereocenters. The van der Waals surface area contributed by atoms with Crippen molar-refractivity contribution in [3.8, 4) is 0 Å². The van der Waals surface area contributed by atoms with Crippen molar-refractivity contribution in [1.82, 2.24) is 0 Å². The average molecular weight is 156 g/mol. The predicted molar refractivity (Wildman–Crippen MR) is 48.6 cm³/mol. The number of allylic oxidation sites excluding steroid dienone is 6. The van der Waals surface area contributed by atoms with E-state index in [1.54, 1.807) is 11.1 Å². The maximum Gasteiger partial charge on any atom is 0.0271 e. The summed E-state index contributed by atoms with van der Waals surface area (Å²) >= 11 is 0. The molecular weight excluding hydrogens is 144 g/mol. The fourth-order valence-corrected chi connectivity index (χ4v) is 3.71. The summed E-state index contributed by atoms with van der Waals surface area (Å²) in [6, 6.07) is 0. The Kier molecular flexibility index (Phi) is 0.715. The normalized spacial score (nSPS) is 46.0. The smallest absolute Gasteiger partial charge is 0.0271 e. The zero-order chi connectivity index (χ0) is 7.76. The Labute approximate surface area is 72.7 Å². The van der Waals surface area contributed by atoms with E-state index in [4.69, 9.17) is 0 Å². The summed E-state index contributed by atoms with van der Waals surface area (Å²) < 4.78 is 0. The molecule has 2 unspecified atom stereocenters. The van der Waals surface area contributed by atoms with E-state index in [-0.39, 0.29) is 0 Å². The fourth-order valence-electron chi connectivity index (χ4n) is 3.71. The van der Waals surface area contributed by atoms with Gasteiger partial charge in [-0.05, 0) is 30.4 Å². The predicted octanol–water partition coefficient (Wildman–Crippen LogP) is 2.98. The molecule has 0 aromatic carbocycles. The van der Waals surface area contributed by atoms with Crippen molar-refractivity contribution in [2.75, 3.05) is 0 Å². The highest BCUT2D eigenvalue weighted by Gasteiger charge is 2.60. The average Bonchev–Trinajstić information content (AvgIpc) is 2.17. The third kappa shape index (κ3) is 0.349. The lowest BCUT2D eigenvalue weighted by molar-refractivity contribution is 0.208. The summed E-state index contributed by atoms with van der Waals surface area (Å²) in [4.78, 5) is 0. The van der Waals surface area contributed by atoms with Gasteiger partial charge in [0.15, 0.2) is 0 Å². The summed E-state index contributed by atoms with van der Waals surface area (Å²) in [5, 5.41) is 0. The van der Waals surface area contributed by atoms with Crippen LogP contribution in [0.2, 0.25) is 0 Å². The van der Waals surface area contributed by atoms with Crippen molar-refractivity contribution in [1.29, 1.82) is 0 Å². The Balaban J connectivity index is 2.01. The van der Waals surface area contributed by atoms with E-state index in [0.29, 0.717) is 5.41 Å². The Morgan fingerprint density at radius 2 is 2.33 bits per heavy atom. The van der Waals surface area contributed by atoms with Crippen LogP contribution < -0.4 is 0 Å². The largest absolute Gasteiger partial charge is 0.0758 e. The molecule has 6 rings (SSSR count). The van der Waals surface area contributed by atoms with E-state index < -0.39 is 0 Å². The fraction of sp³-hybridized carbons (Fsp3) is 0.500. The van der Waals surface area contributed by atoms with Crippen LogP contribution in [0.5, 0.6) is 0 Å². The molecule has 0 aromatic heterocycles. The minimum Gasteiger partial charge on any atom is -0.0758 e. The second kappa shape index (κ2) is 1.48. The zero-order valence-electron chi connectivity index (χ0n) is 7.14. The molecule has 4 bridgehead atoms. The van der Waals surface area contributed by atoms with Crippen molar-refractivity contribution < 1.29 is 0 Å². The van der Waals surface area contributed by atoms with Crippen LogP contribution in [0.25, 0.3) is 0 Å². The molecule has 0 nitrogen and oxygen atoms in total. The van der Waals surface area contributed by atoms with E-state index in [0.717, 1.165) is 5.92 Å². The van der Waals surface area contributed by atoms with Gasteiger partial charge in [-0.25, -0.2) is 0 Å². The summed E-state index contributed by atoms with van der Waals surface area (Å²) in [5.41, 5.74) is 5.78. The minimum absolute atomic E-state index is 0.627. The minimum atomic E-state index is 0.627. The first-order chi connectivity index (χ1) is 5.93. The van der Waals surface area contributed by atoms with Crippen LogP contribution in [0.3, 0.4) is 0 Å². The zero-order valence-corrected chi connectivity index (χ0v) is 7.14. The summed E-state index contributed by atoms with van der Waals surface area (Å²) in [7, 11) is 0. The van der Waals surface area contributed by atoms with E-state index in [1.807, 2.05) is 5.57 Å². The molecule has 60 valence electrons. The van der Waals surface area contributed by atoms with E-state index in [2.05, 4.69) is 18.2 Å². The summed E-state index contributed by atoms with van der Waals surface area (Å²) in [6.45, 7) is 0. The third-order valence-corrected chi connectivity index (χ3v) is 4.27. The van der Waals surface area contributed by atoms with Gasteiger partial charge in [-0.2, -0.15) is 0 Å². The highest BCUT2D eigenvalue weighted by molar-refractivity contribution is 5.72. The van der Waals surface area contributed by atoms with Gasteiger partial charge in [-0.1, -0.05) is 30.2 Å². The van der Waals surface area contributed by atoms with Gasteiger partial charge in [0.25, 0.3) is 0 Å². The van der Waals surface area contributed by atoms with Crippen LogP contribution in [0.1, 0.15) is 25.7 Å². The number of hydrogen-bond donors (Lipinski definition) is 0. The second-order valence-electron chi connectivity index (χ2n) is 4.54. The molecule has 0 heterocycles. The lowest BCUT2D eigenvalue weighted by atomic mass is 9.41. The maximum absolute atomic E-state index is 2.48. The van der Waals surface area contributed by atoms with Crippen molar-refractivity contribution in [2.24, 2.45) is 11.3 Å². The number of rotatable bonds is 0. The second-order valence-corrected chi connectivity index (χ2v) is 4.54. The molecule has 1 fully saturated rings. The van der Waals surface area contributed by atoms with E-state index >= 15 is 0 Å². The van der Waals surface area contributed by atoms with Gasteiger partial charge in [0.05, 0.1) is 0 Å². The van der Waals surface area contributed by atoms with Gasteiger partial charge in [0, 0.05) is 11.3 Å². The van der Waals surface area contributed by atoms with Gasteiger partial charge in [0.1, 0.15) is 0 Å². The van der Waals surface area contributed by atoms with Crippen LogP contribution in [-0.2, 0) is 0 Å². The molecule has 6 aliphatic rings. The highest BCUT2D eigenvalue weighted by Crippen LogP contribution is 2.71. The number of hydrogen-bond acceptors (Lipinski definition) is 0. The Morgan fingerprint density at radius 3 is 3.08 bits per heavy atom. The van der Waals surface area contributed by atoms with Crippen molar-refractivity contribution >= 4 is 0 Å². The maximum atomic E-state index is 2.48. The first-order valence-electron chi connectivity index (χ1n) is 5.07. The Morgan fingerprint density at radius 1 is 1.33 bits per heavy atom. The van der Waals surface area contributed by atoms with E-state index in [9.17, 15) is 0 Å². The Bertz CT molecular complexity index is 367. The monoisotopic (exact) mass is 156 g/mol. The lowest BCUT2D eigenvalue weighted by Crippen LogP contribution is -2.52. The first-order valence-corrected chi connectivity index (χ1v) is 5.07. The van der Waals surface area contributed by atoms with Crippen molar-refractivity contribution in [2.45, 2.75) is 25.7 Å². The van der Waals surface area contributed by atoms with Crippen molar-refractivity contribution in [3.05, 3.63) is 34.9 Å². The standard InChI is InChI=1S/C12H12/c1-2-6-12-8-4-5-9(10(12)3-1)11(12)7-8/h4-5,7-8H,1-3,6H2. The lowest BCUT2D eigenvalue weighted by Gasteiger charge is -2.62. The first kappa shape index (κ1) is 5.80. The molecule has 1 saturated carbocycles. The molecule has 0 heteroatoms. The molecule has 0 aromatic rings. The molecule has 12 heavy (non-hydrogen) atoms. The highest BCUT2D eigenvalue weighted by atomic mass is 14.6. The molecule has 1 spiro atoms. The molecule has 0 aliphatic heterocycles. The summed E-state index contributed by atoms with van der Waals surface area (Å²) in [5.74, 6) is 0.806. The third-order valence-electron chi connectivity index (χ3n) is 4.27. The van der Waals surface area contributed by atoms with Gasteiger partial charge in [0.2, 0.25) is 0 Å². The van der Waals surface area contributed by atoms with Gasteiger partial charge in [-0.3, -0.25) is 0 Å². The van der Waals surface area contributed by atoms with Gasteiger partial charge in [-0.15, -0.1) is 0 Å². The molecule has 0 saturated heterocycles.